The molecule has 110 valence electrons. The van der Waals surface area contributed by atoms with E-state index in [2.05, 4.69) is 10.3 Å². The third-order valence-electron chi connectivity index (χ3n) is 4.26. The van der Waals surface area contributed by atoms with Gasteiger partial charge >= 0.3 is 0 Å². The Labute approximate surface area is 122 Å². The standard InChI is InChI=1S/C14H21N3O2S/c1-9-8-20-13(16-9)14(5-2-6-14)17-12(18)11-4-3-10(7-15)19-11/h8,10-11H,2-7,15H2,1H3,(H,17,18)/t10-,11+/m1/s1. The summed E-state index contributed by atoms with van der Waals surface area (Å²) in [6.07, 6.45) is 4.40. The molecule has 1 amide bonds. The number of nitrogens with two attached hydrogens (primary N) is 1. The molecule has 3 rings (SSSR count). The van der Waals surface area contributed by atoms with Crippen LogP contribution in [-0.2, 0) is 15.1 Å². The van der Waals surface area contributed by atoms with Crippen LogP contribution in [0, 0.1) is 6.92 Å². The van der Waals surface area contributed by atoms with Crippen LogP contribution in [0.5, 0.6) is 0 Å². The predicted octanol–water partition coefficient (Wildman–Crippen LogP) is 1.45. The lowest BCUT2D eigenvalue weighted by Gasteiger charge is -2.41. The van der Waals surface area contributed by atoms with Crippen LogP contribution in [0.3, 0.4) is 0 Å². The van der Waals surface area contributed by atoms with Crippen LogP contribution in [0.4, 0.5) is 0 Å². The van der Waals surface area contributed by atoms with E-state index in [4.69, 9.17) is 10.5 Å². The number of carbonyl (C=O) groups excluding carboxylic acids is 1. The fraction of sp³-hybridized carbons (Fsp3) is 0.714. The van der Waals surface area contributed by atoms with Crippen molar-refractivity contribution in [3.05, 3.63) is 16.1 Å². The lowest BCUT2D eigenvalue weighted by atomic mass is 9.77. The topological polar surface area (TPSA) is 77.2 Å². The van der Waals surface area contributed by atoms with Gasteiger partial charge in [-0.15, -0.1) is 11.3 Å². The highest BCUT2D eigenvalue weighted by Gasteiger charge is 2.44. The Balaban J connectivity index is 1.68. The third-order valence-corrected chi connectivity index (χ3v) is 5.43. The number of thiazole rings is 1. The Hall–Kier alpha value is -0.980. The Morgan fingerprint density at radius 3 is 2.90 bits per heavy atom. The molecule has 5 nitrogen and oxygen atoms in total. The highest BCUT2D eigenvalue weighted by atomic mass is 32.1. The van der Waals surface area contributed by atoms with Crippen molar-refractivity contribution < 1.29 is 9.53 Å². The number of nitrogens with zero attached hydrogens (tertiary/aromatic N) is 1. The molecule has 2 heterocycles. The van der Waals surface area contributed by atoms with Crippen LogP contribution in [0.25, 0.3) is 0 Å². The number of rotatable bonds is 4. The van der Waals surface area contributed by atoms with Gasteiger partial charge in [0.15, 0.2) is 0 Å². The van der Waals surface area contributed by atoms with E-state index in [1.807, 2.05) is 12.3 Å². The molecule has 6 heteroatoms. The van der Waals surface area contributed by atoms with Gasteiger partial charge in [-0.3, -0.25) is 4.79 Å². The molecule has 3 N–H and O–H groups in total. The molecule has 0 bridgehead atoms. The molecule has 1 aromatic heterocycles. The second kappa shape index (κ2) is 5.42. The quantitative estimate of drug-likeness (QED) is 0.881. The number of aromatic nitrogens is 1. The number of amides is 1. The Morgan fingerprint density at radius 2 is 2.40 bits per heavy atom. The first-order valence-corrected chi connectivity index (χ1v) is 8.11. The Kier molecular flexibility index (Phi) is 3.79. The first-order chi connectivity index (χ1) is 9.63. The molecular formula is C14H21N3O2S. The van der Waals surface area contributed by atoms with E-state index in [0.717, 1.165) is 42.8 Å². The monoisotopic (exact) mass is 295 g/mol. The van der Waals surface area contributed by atoms with Crippen molar-refractivity contribution in [2.75, 3.05) is 6.54 Å². The van der Waals surface area contributed by atoms with Gasteiger partial charge in [-0.1, -0.05) is 0 Å². The summed E-state index contributed by atoms with van der Waals surface area (Å²) < 4.78 is 5.67. The Bertz CT molecular complexity index is 498. The smallest absolute Gasteiger partial charge is 0.249 e. The largest absolute Gasteiger partial charge is 0.364 e. The molecule has 2 fully saturated rings. The SMILES string of the molecule is Cc1csc(C2(NC(=O)[C@@H]3CC[C@H](CN)O3)CCC2)n1. The lowest BCUT2D eigenvalue weighted by Crippen LogP contribution is -2.53. The van der Waals surface area contributed by atoms with E-state index >= 15 is 0 Å². The number of hydrogen-bond donors (Lipinski definition) is 2. The maximum absolute atomic E-state index is 12.4. The molecule has 20 heavy (non-hydrogen) atoms. The molecule has 0 radical (unpaired) electrons. The van der Waals surface area contributed by atoms with Crippen molar-refractivity contribution in [2.24, 2.45) is 5.73 Å². The summed E-state index contributed by atoms with van der Waals surface area (Å²) >= 11 is 1.64. The maximum atomic E-state index is 12.4. The van der Waals surface area contributed by atoms with Crippen molar-refractivity contribution >= 4 is 17.2 Å². The predicted molar refractivity (Wildman–Crippen MR) is 77.5 cm³/mol. The van der Waals surface area contributed by atoms with Gasteiger partial charge < -0.3 is 15.8 Å². The summed E-state index contributed by atoms with van der Waals surface area (Å²) in [4.78, 5) is 17.0. The van der Waals surface area contributed by atoms with E-state index in [9.17, 15) is 4.79 Å². The van der Waals surface area contributed by atoms with Crippen LogP contribution in [0.2, 0.25) is 0 Å². The molecule has 1 aliphatic heterocycles. The molecule has 1 saturated carbocycles. The summed E-state index contributed by atoms with van der Waals surface area (Å²) in [7, 11) is 0. The van der Waals surface area contributed by atoms with E-state index in [1.165, 1.54) is 0 Å². The molecule has 1 saturated heterocycles. The van der Waals surface area contributed by atoms with Gasteiger partial charge in [-0.05, 0) is 39.0 Å². The van der Waals surface area contributed by atoms with Crippen LogP contribution < -0.4 is 11.1 Å². The van der Waals surface area contributed by atoms with Crippen LogP contribution >= 0.6 is 11.3 Å². The number of carbonyl (C=O) groups is 1. The van der Waals surface area contributed by atoms with Crippen LogP contribution in [0.15, 0.2) is 5.38 Å². The van der Waals surface area contributed by atoms with Crippen molar-refractivity contribution in [2.45, 2.75) is 56.8 Å². The molecule has 1 aromatic rings. The van der Waals surface area contributed by atoms with Gasteiger partial charge in [0.25, 0.3) is 0 Å². The summed E-state index contributed by atoms with van der Waals surface area (Å²) in [5.41, 5.74) is 6.36. The zero-order chi connectivity index (χ0) is 14.2. The molecule has 0 spiro atoms. The number of hydrogen-bond acceptors (Lipinski definition) is 5. The molecule has 0 aromatic carbocycles. The molecule has 2 atom stereocenters. The van der Waals surface area contributed by atoms with Gasteiger partial charge in [0.1, 0.15) is 11.1 Å². The average Bonchev–Trinajstić information content (AvgIpc) is 3.02. The fourth-order valence-corrected chi connectivity index (χ4v) is 3.90. The van der Waals surface area contributed by atoms with E-state index in [0.29, 0.717) is 6.54 Å². The van der Waals surface area contributed by atoms with Crippen LogP contribution in [-0.4, -0.2) is 29.6 Å². The number of aryl methyl sites for hydroxylation is 1. The highest BCUT2D eigenvalue weighted by molar-refractivity contribution is 7.09. The van der Waals surface area contributed by atoms with Crippen molar-refractivity contribution in [3.8, 4) is 0 Å². The number of ether oxygens (including phenoxy) is 1. The first-order valence-electron chi connectivity index (χ1n) is 7.23. The second-order valence-electron chi connectivity index (χ2n) is 5.78. The van der Waals surface area contributed by atoms with Crippen LogP contribution in [0.1, 0.15) is 42.8 Å². The van der Waals surface area contributed by atoms with E-state index in [1.54, 1.807) is 11.3 Å². The average molecular weight is 295 g/mol. The fourth-order valence-electron chi connectivity index (χ4n) is 2.88. The third kappa shape index (κ3) is 2.47. The first kappa shape index (κ1) is 14.0. The minimum Gasteiger partial charge on any atom is -0.364 e. The summed E-state index contributed by atoms with van der Waals surface area (Å²) in [5, 5.41) is 6.26. The van der Waals surface area contributed by atoms with Crippen molar-refractivity contribution in [1.29, 1.82) is 0 Å². The molecule has 2 aliphatic rings. The molecule has 1 aliphatic carbocycles. The lowest BCUT2D eigenvalue weighted by molar-refractivity contribution is -0.135. The Morgan fingerprint density at radius 1 is 1.60 bits per heavy atom. The van der Waals surface area contributed by atoms with Crippen molar-refractivity contribution in [3.63, 3.8) is 0 Å². The molecular weight excluding hydrogens is 274 g/mol. The van der Waals surface area contributed by atoms with Gasteiger partial charge in [0, 0.05) is 17.6 Å². The normalized spacial score (nSPS) is 28.1. The molecule has 0 unspecified atom stereocenters. The summed E-state index contributed by atoms with van der Waals surface area (Å²) in [6.45, 7) is 2.47. The zero-order valence-electron chi connectivity index (χ0n) is 11.7. The van der Waals surface area contributed by atoms with Gasteiger partial charge in [0.05, 0.1) is 11.6 Å². The summed E-state index contributed by atoms with van der Waals surface area (Å²) in [6, 6.07) is 0. The zero-order valence-corrected chi connectivity index (χ0v) is 12.5. The van der Waals surface area contributed by atoms with Crippen molar-refractivity contribution in [1.82, 2.24) is 10.3 Å². The van der Waals surface area contributed by atoms with Gasteiger partial charge in [-0.2, -0.15) is 0 Å². The minimum absolute atomic E-state index is 0.00602. The van der Waals surface area contributed by atoms with E-state index < -0.39 is 0 Å². The number of nitrogens with one attached hydrogen (secondary N) is 1. The highest BCUT2D eigenvalue weighted by Crippen LogP contribution is 2.42. The minimum atomic E-state index is -0.345. The maximum Gasteiger partial charge on any atom is 0.249 e. The van der Waals surface area contributed by atoms with E-state index in [-0.39, 0.29) is 23.7 Å². The summed E-state index contributed by atoms with van der Waals surface area (Å²) in [5.74, 6) is -0.00602. The van der Waals surface area contributed by atoms with Gasteiger partial charge in [-0.25, -0.2) is 4.98 Å². The van der Waals surface area contributed by atoms with Gasteiger partial charge in [0.2, 0.25) is 5.91 Å². The second-order valence-corrected chi connectivity index (χ2v) is 6.64.